The number of hydrogen-bond donors (Lipinski definition) is 1. The summed E-state index contributed by atoms with van der Waals surface area (Å²) < 4.78 is 5.17. The largest absolute Gasteiger partial charge is 0.452 e. The summed E-state index contributed by atoms with van der Waals surface area (Å²) in [7, 11) is 0. The summed E-state index contributed by atoms with van der Waals surface area (Å²) in [5.41, 5.74) is 3.54. The van der Waals surface area contributed by atoms with Crippen molar-refractivity contribution in [2.75, 3.05) is 18.1 Å². The van der Waals surface area contributed by atoms with Gasteiger partial charge in [-0.15, -0.1) is 0 Å². The van der Waals surface area contributed by atoms with E-state index in [0.717, 1.165) is 36.9 Å². The van der Waals surface area contributed by atoms with Crippen LogP contribution < -0.4 is 10.2 Å². The normalized spacial score (nSPS) is 18.3. The highest BCUT2D eigenvalue weighted by atomic mass is 16.5. The van der Waals surface area contributed by atoms with Gasteiger partial charge in [0.25, 0.3) is 5.91 Å². The fourth-order valence-electron chi connectivity index (χ4n) is 4.05. The quantitative estimate of drug-likeness (QED) is 0.793. The van der Waals surface area contributed by atoms with E-state index < -0.39 is 5.97 Å². The van der Waals surface area contributed by atoms with Gasteiger partial charge in [0.15, 0.2) is 6.61 Å². The molecule has 2 aliphatic rings. The standard InChI is InChI=1S/C23H24N2O4/c26-21(24-20-8-3-6-16-5-1-2-7-19(16)20)15-29-23(28)17-10-12-18(13-11-17)25-14-4-9-22(25)27/h1-2,5,7,10-13,20H,3-4,6,8-9,14-15H2,(H,24,26)/t20-/m1/s1. The number of nitrogens with one attached hydrogen (secondary N) is 1. The Balaban J connectivity index is 1.30. The number of anilines is 1. The Hall–Kier alpha value is -3.15. The van der Waals surface area contributed by atoms with Gasteiger partial charge in [0.1, 0.15) is 0 Å². The predicted molar refractivity (Wildman–Crippen MR) is 109 cm³/mol. The van der Waals surface area contributed by atoms with Gasteiger partial charge < -0.3 is 15.0 Å². The summed E-state index contributed by atoms with van der Waals surface area (Å²) in [5, 5.41) is 2.97. The van der Waals surface area contributed by atoms with E-state index in [4.69, 9.17) is 4.74 Å². The van der Waals surface area contributed by atoms with Crippen LogP contribution in [0.2, 0.25) is 0 Å². The third-order valence-electron chi connectivity index (χ3n) is 5.53. The number of rotatable bonds is 5. The van der Waals surface area contributed by atoms with E-state index in [0.29, 0.717) is 18.5 Å². The van der Waals surface area contributed by atoms with Gasteiger partial charge in [-0.25, -0.2) is 4.79 Å². The van der Waals surface area contributed by atoms with Crippen LogP contribution in [-0.4, -0.2) is 30.9 Å². The van der Waals surface area contributed by atoms with Crippen molar-refractivity contribution in [2.45, 2.75) is 38.1 Å². The minimum atomic E-state index is -0.552. The molecule has 6 heteroatoms. The molecule has 1 N–H and O–H groups in total. The predicted octanol–water partition coefficient (Wildman–Crippen LogP) is 3.16. The summed E-state index contributed by atoms with van der Waals surface area (Å²) in [6.45, 7) is 0.386. The number of nitrogens with zero attached hydrogens (tertiary/aromatic N) is 1. The molecule has 1 atom stereocenters. The molecule has 1 aliphatic carbocycles. The Bertz CT molecular complexity index is 923. The molecule has 0 saturated carbocycles. The Labute approximate surface area is 169 Å². The number of hydrogen-bond acceptors (Lipinski definition) is 4. The summed E-state index contributed by atoms with van der Waals surface area (Å²) in [6.07, 6.45) is 4.34. The summed E-state index contributed by atoms with van der Waals surface area (Å²) >= 11 is 0. The van der Waals surface area contributed by atoms with Crippen molar-refractivity contribution in [3.05, 3.63) is 65.2 Å². The van der Waals surface area contributed by atoms with Gasteiger partial charge in [-0.2, -0.15) is 0 Å². The van der Waals surface area contributed by atoms with Crippen LogP contribution in [-0.2, 0) is 20.7 Å². The third kappa shape index (κ3) is 4.31. The SMILES string of the molecule is O=C(COC(=O)c1ccc(N2CCCC2=O)cc1)N[C@@H]1CCCc2ccccc21. The molecule has 2 aromatic carbocycles. The van der Waals surface area contributed by atoms with Crippen LogP contribution in [0.4, 0.5) is 5.69 Å². The zero-order chi connectivity index (χ0) is 20.2. The zero-order valence-corrected chi connectivity index (χ0v) is 16.2. The summed E-state index contributed by atoms with van der Waals surface area (Å²) in [4.78, 5) is 38.1. The van der Waals surface area contributed by atoms with Crippen LogP contribution in [0.1, 0.15) is 53.2 Å². The molecular weight excluding hydrogens is 368 g/mol. The Morgan fingerprint density at radius 2 is 1.83 bits per heavy atom. The van der Waals surface area contributed by atoms with Crippen molar-refractivity contribution in [3.8, 4) is 0 Å². The van der Waals surface area contributed by atoms with Gasteiger partial charge in [-0.3, -0.25) is 9.59 Å². The monoisotopic (exact) mass is 392 g/mol. The van der Waals surface area contributed by atoms with E-state index in [1.807, 2.05) is 18.2 Å². The van der Waals surface area contributed by atoms with Gasteiger partial charge in [-0.1, -0.05) is 24.3 Å². The number of aryl methyl sites for hydroxylation is 1. The minimum Gasteiger partial charge on any atom is -0.452 e. The topological polar surface area (TPSA) is 75.7 Å². The van der Waals surface area contributed by atoms with Crippen LogP contribution >= 0.6 is 0 Å². The van der Waals surface area contributed by atoms with Crippen molar-refractivity contribution >= 4 is 23.5 Å². The molecule has 0 unspecified atom stereocenters. The maximum atomic E-state index is 12.3. The second kappa shape index (κ2) is 8.47. The minimum absolute atomic E-state index is 0.0385. The molecule has 2 amide bonds. The molecule has 0 spiro atoms. The van der Waals surface area contributed by atoms with E-state index in [1.165, 1.54) is 5.56 Å². The average molecular weight is 392 g/mol. The molecule has 29 heavy (non-hydrogen) atoms. The molecule has 1 fully saturated rings. The van der Waals surface area contributed by atoms with Crippen LogP contribution in [0.25, 0.3) is 0 Å². The van der Waals surface area contributed by atoms with E-state index in [2.05, 4.69) is 11.4 Å². The van der Waals surface area contributed by atoms with Crippen LogP contribution in [0.5, 0.6) is 0 Å². The van der Waals surface area contributed by atoms with Crippen LogP contribution in [0.3, 0.4) is 0 Å². The van der Waals surface area contributed by atoms with Crippen LogP contribution in [0.15, 0.2) is 48.5 Å². The smallest absolute Gasteiger partial charge is 0.338 e. The highest BCUT2D eigenvalue weighted by Gasteiger charge is 2.23. The third-order valence-corrected chi connectivity index (χ3v) is 5.53. The highest BCUT2D eigenvalue weighted by Crippen LogP contribution is 2.29. The Morgan fingerprint density at radius 3 is 2.59 bits per heavy atom. The number of carbonyl (C=O) groups is 3. The van der Waals surface area contributed by atoms with Gasteiger partial charge in [0.2, 0.25) is 5.91 Å². The van der Waals surface area contributed by atoms with Gasteiger partial charge in [-0.05, 0) is 61.1 Å². The maximum absolute atomic E-state index is 12.3. The molecule has 0 aromatic heterocycles. The molecule has 4 rings (SSSR count). The summed E-state index contributed by atoms with van der Waals surface area (Å²) in [6, 6.07) is 14.8. The Kier molecular flexibility index (Phi) is 5.60. The lowest BCUT2D eigenvalue weighted by molar-refractivity contribution is -0.125. The fraction of sp³-hybridized carbons (Fsp3) is 0.348. The first-order chi connectivity index (χ1) is 14.1. The number of carbonyl (C=O) groups excluding carboxylic acids is 3. The molecule has 2 aromatic rings. The number of amides is 2. The van der Waals surface area contributed by atoms with Crippen molar-refractivity contribution in [1.29, 1.82) is 0 Å². The number of esters is 1. The van der Waals surface area contributed by atoms with E-state index >= 15 is 0 Å². The van der Waals surface area contributed by atoms with Crippen molar-refractivity contribution in [2.24, 2.45) is 0 Å². The van der Waals surface area contributed by atoms with Crippen molar-refractivity contribution < 1.29 is 19.1 Å². The molecule has 1 saturated heterocycles. The molecule has 6 nitrogen and oxygen atoms in total. The molecule has 1 aliphatic heterocycles. The lowest BCUT2D eigenvalue weighted by atomic mass is 9.88. The maximum Gasteiger partial charge on any atom is 0.338 e. The second-order valence-corrected chi connectivity index (χ2v) is 7.48. The van der Waals surface area contributed by atoms with E-state index in [9.17, 15) is 14.4 Å². The zero-order valence-electron chi connectivity index (χ0n) is 16.2. The summed E-state index contributed by atoms with van der Waals surface area (Å²) in [5.74, 6) is -0.760. The number of ether oxygens (including phenoxy) is 1. The first kappa shape index (κ1) is 19.2. The second-order valence-electron chi connectivity index (χ2n) is 7.48. The number of benzene rings is 2. The first-order valence-electron chi connectivity index (χ1n) is 10.1. The molecule has 0 bridgehead atoms. The van der Waals surface area contributed by atoms with E-state index in [-0.39, 0.29) is 24.5 Å². The first-order valence-corrected chi connectivity index (χ1v) is 10.1. The van der Waals surface area contributed by atoms with Crippen molar-refractivity contribution in [1.82, 2.24) is 5.32 Å². The fourth-order valence-corrected chi connectivity index (χ4v) is 4.05. The highest BCUT2D eigenvalue weighted by molar-refractivity contribution is 5.96. The van der Waals surface area contributed by atoms with Gasteiger partial charge in [0, 0.05) is 18.7 Å². The lowest BCUT2D eigenvalue weighted by Gasteiger charge is -2.26. The molecule has 150 valence electrons. The lowest BCUT2D eigenvalue weighted by Crippen LogP contribution is -2.34. The van der Waals surface area contributed by atoms with E-state index in [1.54, 1.807) is 29.2 Å². The molecule has 0 radical (unpaired) electrons. The van der Waals surface area contributed by atoms with Gasteiger partial charge in [0.05, 0.1) is 11.6 Å². The van der Waals surface area contributed by atoms with Gasteiger partial charge >= 0.3 is 5.97 Å². The van der Waals surface area contributed by atoms with Crippen molar-refractivity contribution in [3.63, 3.8) is 0 Å². The molecular formula is C23H24N2O4. The average Bonchev–Trinajstić information content (AvgIpc) is 3.18. The Morgan fingerprint density at radius 1 is 1.03 bits per heavy atom. The molecule has 1 heterocycles. The number of fused-ring (bicyclic) bond motifs is 1. The van der Waals surface area contributed by atoms with Crippen LogP contribution in [0, 0.1) is 0 Å².